The van der Waals surface area contributed by atoms with Crippen molar-refractivity contribution < 1.29 is 4.79 Å². The number of amides is 1. The lowest BCUT2D eigenvalue weighted by molar-refractivity contribution is -0.134. The Kier molecular flexibility index (Phi) is 3.54. The molecule has 1 aliphatic carbocycles. The summed E-state index contributed by atoms with van der Waals surface area (Å²) in [6.45, 7) is 4.85. The molecule has 1 spiro atoms. The molecular weight excluding hydrogens is 252 g/mol. The Balaban J connectivity index is 1.62. The van der Waals surface area contributed by atoms with Crippen molar-refractivity contribution in [1.29, 1.82) is 0 Å². The number of carbonyl (C=O) groups is 1. The molecule has 1 N–H and O–H groups in total. The van der Waals surface area contributed by atoms with Crippen LogP contribution in [0.1, 0.15) is 36.9 Å². The topological polar surface area (TPSA) is 50.2 Å². The standard InChI is InChI=1S/C15H24N4O/c1-12-13(11-18(2)17-12)3-4-14(20)19-10-9-16-8-7-15(19)5-6-15/h11,16H,3-10H2,1-2H3. The Morgan fingerprint density at radius 1 is 1.40 bits per heavy atom. The molecular formula is C15H24N4O. The van der Waals surface area contributed by atoms with E-state index in [9.17, 15) is 4.79 Å². The third kappa shape index (κ3) is 2.59. The SMILES string of the molecule is Cc1nn(C)cc1CCC(=O)N1CCNCCC12CC2. The van der Waals surface area contributed by atoms with E-state index in [1.165, 1.54) is 18.4 Å². The number of hydrogen-bond donors (Lipinski definition) is 1. The van der Waals surface area contributed by atoms with Gasteiger partial charge in [-0.25, -0.2) is 0 Å². The minimum atomic E-state index is 0.199. The Morgan fingerprint density at radius 3 is 2.85 bits per heavy atom. The Labute approximate surface area is 120 Å². The minimum Gasteiger partial charge on any atom is -0.336 e. The molecule has 0 bridgehead atoms. The van der Waals surface area contributed by atoms with Crippen molar-refractivity contribution in [2.45, 2.75) is 44.6 Å². The van der Waals surface area contributed by atoms with Gasteiger partial charge in [-0.05, 0) is 44.7 Å². The molecule has 2 aliphatic rings. The number of nitrogens with zero attached hydrogens (tertiary/aromatic N) is 3. The molecule has 3 rings (SSSR count). The molecule has 0 unspecified atom stereocenters. The molecule has 2 fully saturated rings. The molecule has 1 aromatic heterocycles. The van der Waals surface area contributed by atoms with Gasteiger partial charge >= 0.3 is 0 Å². The highest BCUT2D eigenvalue weighted by atomic mass is 16.2. The van der Waals surface area contributed by atoms with Crippen molar-refractivity contribution in [1.82, 2.24) is 20.0 Å². The fourth-order valence-corrected chi connectivity index (χ4v) is 3.33. The van der Waals surface area contributed by atoms with E-state index in [0.29, 0.717) is 12.3 Å². The summed E-state index contributed by atoms with van der Waals surface area (Å²) in [5.41, 5.74) is 2.43. The first kappa shape index (κ1) is 13.6. The molecule has 5 nitrogen and oxygen atoms in total. The van der Waals surface area contributed by atoms with Crippen molar-refractivity contribution in [2.24, 2.45) is 7.05 Å². The fourth-order valence-electron chi connectivity index (χ4n) is 3.33. The second kappa shape index (κ2) is 5.20. The minimum absolute atomic E-state index is 0.199. The van der Waals surface area contributed by atoms with Gasteiger partial charge in [0, 0.05) is 38.3 Å². The highest BCUT2D eigenvalue weighted by molar-refractivity contribution is 5.78. The van der Waals surface area contributed by atoms with Crippen molar-refractivity contribution in [3.05, 3.63) is 17.5 Å². The van der Waals surface area contributed by atoms with Gasteiger partial charge in [0.15, 0.2) is 0 Å². The average Bonchev–Trinajstić information content (AvgIpc) is 3.16. The molecule has 1 aromatic rings. The van der Waals surface area contributed by atoms with Crippen molar-refractivity contribution >= 4 is 5.91 Å². The van der Waals surface area contributed by atoms with Gasteiger partial charge in [0.1, 0.15) is 0 Å². The molecule has 1 aliphatic heterocycles. The third-order valence-electron chi connectivity index (χ3n) is 4.70. The van der Waals surface area contributed by atoms with Crippen LogP contribution in [0, 0.1) is 6.92 Å². The van der Waals surface area contributed by atoms with Crippen molar-refractivity contribution in [2.75, 3.05) is 19.6 Å². The molecule has 0 aromatic carbocycles. The van der Waals surface area contributed by atoms with Crippen molar-refractivity contribution in [3.63, 3.8) is 0 Å². The zero-order valence-electron chi connectivity index (χ0n) is 12.5. The van der Waals surface area contributed by atoms with Gasteiger partial charge in [-0.1, -0.05) is 0 Å². The van der Waals surface area contributed by atoms with Crippen molar-refractivity contribution in [3.8, 4) is 0 Å². The molecule has 20 heavy (non-hydrogen) atoms. The molecule has 0 atom stereocenters. The smallest absolute Gasteiger partial charge is 0.223 e. The van der Waals surface area contributed by atoms with Crippen LogP contribution in [0.2, 0.25) is 0 Å². The molecule has 1 saturated carbocycles. The number of aromatic nitrogens is 2. The van der Waals surface area contributed by atoms with E-state index in [0.717, 1.165) is 38.2 Å². The summed E-state index contributed by atoms with van der Waals surface area (Å²) >= 11 is 0. The zero-order valence-corrected chi connectivity index (χ0v) is 12.5. The largest absolute Gasteiger partial charge is 0.336 e. The van der Waals surface area contributed by atoms with Crippen LogP contribution in [0.3, 0.4) is 0 Å². The van der Waals surface area contributed by atoms with E-state index in [1.54, 1.807) is 0 Å². The predicted molar refractivity (Wildman–Crippen MR) is 77.4 cm³/mol. The van der Waals surface area contributed by atoms with Gasteiger partial charge in [0.25, 0.3) is 0 Å². The number of rotatable bonds is 3. The first-order valence-electron chi connectivity index (χ1n) is 7.61. The van der Waals surface area contributed by atoms with Crippen LogP contribution in [0.15, 0.2) is 6.20 Å². The van der Waals surface area contributed by atoms with Crippen LogP contribution in [-0.2, 0) is 18.3 Å². The van der Waals surface area contributed by atoms with E-state index in [4.69, 9.17) is 0 Å². The van der Waals surface area contributed by atoms with E-state index >= 15 is 0 Å². The predicted octanol–water partition coefficient (Wildman–Crippen LogP) is 1.02. The normalized spacial score (nSPS) is 21.0. The second-order valence-electron chi connectivity index (χ2n) is 6.18. The maximum atomic E-state index is 12.6. The lowest BCUT2D eigenvalue weighted by Gasteiger charge is -2.30. The second-order valence-corrected chi connectivity index (χ2v) is 6.18. The Bertz CT molecular complexity index is 504. The van der Waals surface area contributed by atoms with Gasteiger partial charge in [-0.3, -0.25) is 9.48 Å². The summed E-state index contributed by atoms with van der Waals surface area (Å²) in [5.74, 6) is 0.314. The quantitative estimate of drug-likeness (QED) is 0.896. The summed E-state index contributed by atoms with van der Waals surface area (Å²) < 4.78 is 1.83. The van der Waals surface area contributed by atoms with Gasteiger partial charge in [-0.15, -0.1) is 0 Å². The summed E-state index contributed by atoms with van der Waals surface area (Å²) in [6.07, 6.45) is 6.93. The third-order valence-corrected chi connectivity index (χ3v) is 4.70. The van der Waals surface area contributed by atoms with E-state index in [-0.39, 0.29) is 5.54 Å². The highest BCUT2D eigenvalue weighted by Gasteiger charge is 2.49. The van der Waals surface area contributed by atoms with Crippen LogP contribution in [0.25, 0.3) is 0 Å². The highest BCUT2D eigenvalue weighted by Crippen LogP contribution is 2.45. The van der Waals surface area contributed by atoms with Crippen LogP contribution >= 0.6 is 0 Å². The van der Waals surface area contributed by atoms with E-state index in [1.807, 2.05) is 24.9 Å². The average molecular weight is 276 g/mol. The molecule has 1 amide bonds. The molecule has 0 radical (unpaired) electrons. The summed E-state index contributed by atoms with van der Waals surface area (Å²) in [4.78, 5) is 14.7. The molecule has 1 saturated heterocycles. The first-order chi connectivity index (χ1) is 9.61. The number of aryl methyl sites for hydroxylation is 3. The van der Waals surface area contributed by atoms with Gasteiger partial charge < -0.3 is 10.2 Å². The number of nitrogens with one attached hydrogen (secondary N) is 1. The Morgan fingerprint density at radius 2 is 2.20 bits per heavy atom. The van der Waals surface area contributed by atoms with Crippen LogP contribution in [0.4, 0.5) is 0 Å². The van der Waals surface area contributed by atoms with Gasteiger partial charge in [-0.2, -0.15) is 5.10 Å². The maximum Gasteiger partial charge on any atom is 0.223 e. The van der Waals surface area contributed by atoms with Crippen LogP contribution in [0.5, 0.6) is 0 Å². The van der Waals surface area contributed by atoms with Gasteiger partial charge in [0.2, 0.25) is 5.91 Å². The molecule has 2 heterocycles. The molecule has 110 valence electrons. The van der Waals surface area contributed by atoms with Crippen LogP contribution < -0.4 is 5.32 Å². The Hall–Kier alpha value is -1.36. The van der Waals surface area contributed by atoms with E-state index < -0.39 is 0 Å². The fraction of sp³-hybridized carbons (Fsp3) is 0.733. The van der Waals surface area contributed by atoms with E-state index in [2.05, 4.69) is 15.3 Å². The summed E-state index contributed by atoms with van der Waals surface area (Å²) in [6, 6.07) is 0. The number of hydrogen-bond acceptors (Lipinski definition) is 3. The lowest BCUT2D eigenvalue weighted by Crippen LogP contribution is -2.43. The zero-order chi connectivity index (χ0) is 14.2. The van der Waals surface area contributed by atoms with Crippen LogP contribution in [-0.4, -0.2) is 45.8 Å². The first-order valence-corrected chi connectivity index (χ1v) is 7.61. The monoisotopic (exact) mass is 276 g/mol. The summed E-state index contributed by atoms with van der Waals surface area (Å²) in [7, 11) is 1.93. The lowest BCUT2D eigenvalue weighted by atomic mass is 10.1. The number of carbonyl (C=O) groups excluding carboxylic acids is 1. The molecule has 5 heteroatoms. The summed E-state index contributed by atoms with van der Waals surface area (Å²) in [5, 5.41) is 7.75. The maximum absolute atomic E-state index is 12.6. The van der Waals surface area contributed by atoms with Gasteiger partial charge in [0.05, 0.1) is 5.69 Å².